The van der Waals surface area contributed by atoms with Crippen molar-refractivity contribution in [2.45, 2.75) is 37.6 Å². The molecule has 0 amide bonds. The molecule has 0 aliphatic carbocycles. The normalized spacial score (nSPS) is 11.7. The van der Waals surface area contributed by atoms with Crippen LogP contribution in [0.4, 0.5) is 8.78 Å². The molecule has 0 spiro atoms. The van der Waals surface area contributed by atoms with Gasteiger partial charge in [0.25, 0.3) is 6.43 Å². The fourth-order valence-corrected chi connectivity index (χ4v) is 5.82. The highest BCUT2D eigenvalue weighted by Crippen LogP contribution is 2.34. The van der Waals surface area contributed by atoms with Gasteiger partial charge in [-0.15, -0.1) is 33.3 Å². The van der Waals surface area contributed by atoms with Crippen LogP contribution in [0.1, 0.15) is 32.6 Å². The Morgan fingerprint density at radius 3 is 2.52 bits per heavy atom. The van der Waals surface area contributed by atoms with Crippen LogP contribution >= 0.6 is 34.4 Å². The van der Waals surface area contributed by atoms with Crippen LogP contribution in [0, 0.1) is 13.8 Å². The molecule has 11 heteroatoms. The van der Waals surface area contributed by atoms with E-state index in [1.165, 1.54) is 5.56 Å². The zero-order valence-electron chi connectivity index (χ0n) is 17.7. The maximum atomic E-state index is 13.1. The SMILES string of the molecule is Cc1nc(C)c(Cn2nc(-c3nnc(C(F)F)s3)c3nc(SCc4ccccc4)ccc32)s1. The Bertz CT molecular complexity index is 1410. The topological polar surface area (TPSA) is 69.4 Å². The monoisotopic (exact) mass is 500 g/mol. The average molecular weight is 501 g/mol. The third-order valence-corrected chi connectivity index (χ3v) is 7.92. The van der Waals surface area contributed by atoms with Gasteiger partial charge in [-0.1, -0.05) is 41.7 Å². The van der Waals surface area contributed by atoms with E-state index in [0.29, 0.717) is 22.8 Å². The van der Waals surface area contributed by atoms with E-state index in [-0.39, 0.29) is 5.01 Å². The molecule has 5 rings (SSSR count). The van der Waals surface area contributed by atoms with Crippen LogP contribution in [0.2, 0.25) is 0 Å². The molecule has 0 atom stereocenters. The molecule has 0 saturated heterocycles. The number of halogens is 2. The third-order valence-electron chi connectivity index (χ3n) is 4.92. The van der Waals surface area contributed by atoms with Gasteiger partial charge in [0, 0.05) is 10.6 Å². The lowest BCUT2D eigenvalue weighted by Gasteiger charge is -2.04. The Kier molecular flexibility index (Phi) is 6.17. The fraction of sp³-hybridized carbons (Fsp3) is 0.227. The predicted molar refractivity (Wildman–Crippen MR) is 128 cm³/mol. The van der Waals surface area contributed by atoms with Gasteiger partial charge in [0.15, 0.2) is 10.0 Å². The first-order chi connectivity index (χ1) is 16.0. The molecule has 0 saturated carbocycles. The van der Waals surface area contributed by atoms with E-state index in [0.717, 1.165) is 43.2 Å². The molecule has 0 bridgehead atoms. The zero-order valence-corrected chi connectivity index (χ0v) is 20.1. The summed E-state index contributed by atoms with van der Waals surface area (Å²) in [5.74, 6) is 0.774. The van der Waals surface area contributed by atoms with Crippen LogP contribution in [-0.2, 0) is 12.3 Å². The minimum atomic E-state index is -2.67. The summed E-state index contributed by atoms with van der Waals surface area (Å²) in [5, 5.41) is 14.2. The molecular formula is C22H18F2N6S3. The summed E-state index contributed by atoms with van der Waals surface area (Å²) >= 11 is 4.08. The van der Waals surface area contributed by atoms with Crippen molar-refractivity contribution in [2.24, 2.45) is 0 Å². The molecule has 168 valence electrons. The fourth-order valence-electron chi connectivity index (χ4n) is 3.39. The number of aromatic nitrogens is 6. The maximum Gasteiger partial charge on any atom is 0.291 e. The molecule has 0 aliphatic rings. The van der Waals surface area contributed by atoms with Gasteiger partial charge in [-0.05, 0) is 31.5 Å². The number of alkyl halides is 2. The lowest BCUT2D eigenvalue weighted by molar-refractivity contribution is 0.150. The second-order valence-corrected chi connectivity index (χ2v) is 10.6. The number of aryl methyl sites for hydroxylation is 2. The zero-order chi connectivity index (χ0) is 22.9. The highest BCUT2D eigenvalue weighted by Gasteiger charge is 2.22. The molecule has 4 aromatic heterocycles. The van der Waals surface area contributed by atoms with E-state index in [1.807, 2.05) is 48.9 Å². The minimum absolute atomic E-state index is 0.323. The van der Waals surface area contributed by atoms with Crippen molar-refractivity contribution in [1.82, 2.24) is 29.9 Å². The summed E-state index contributed by atoms with van der Waals surface area (Å²) in [6.45, 7) is 4.47. The Hall–Kier alpha value is -2.76. The van der Waals surface area contributed by atoms with E-state index < -0.39 is 6.43 Å². The van der Waals surface area contributed by atoms with Crippen molar-refractivity contribution < 1.29 is 8.78 Å². The standard InChI is InChI=1S/C22H18F2N6S3/c1-12-16(32-13(2)25-12)10-30-15-8-9-17(31-11-14-6-4-3-5-7-14)26-18(15)19(29-30)21-27-28-22(33-21)20(23)24/h3-9,20H,10-11H2,1-2H3. The van der Waals surface area contributed by atoms with Gasteiger partial charge < -0.3 is 0 Å². The van der Waals surface area contributed by atoms with Crippen molar-refractivity contribution in [3.63, 3.8) is 0 Å². The number of hydrogen-bond acceptors (Lipinski definition) is 8. The Labute approximate surface area is 200 Å². The van der Waals surface area contributed by atoms with Gasteiger partial charge in [0.2, 0.25) is 0 Å². The summed E-state index contributed by atoms with van der Waals surface area (Å²) in [6.07, 6.45) is -2.67. The molecule has 4 heterocycles. The van der Waals surface area contributed by atoms with Gasteiger partial charge in [0.05, 0.1) is 27.8 Å². The highest BCUT2D eigenvalue weighted by atomic mass is 32.2. The quantitative estimate of drug-likeness (QED) is 0.244. The van der Waals surface area contributed by atoms with Crippen molar-refractivity contribution in [3.8, 4) is 10.7 Å². The van der Waals surface area contributed by atoms with Crippen molar-refractivity contribution >= 4 is 45.5 Å². The second-order valence-electron chi connectivity index (χ2n) is 7.29. The van der Waals surface area contributed by atoms with Crippen LogP contribution in [0.5, 0.6) is 0 Å². The van der Waals surface area contributed by atoms with Crippen LogP contribution < -0.4 is 0 Å². The maximum absolute atomic E-state index is 13.1. The van der Waals surface area contributed by atoms with E-state index in [1.54, 1.807) is 23.1 Å². The largest absolute Gasteiger partial charge is 0.291 e. The van der Waals surface area contributed by atoms with E-state index in [4.69, 9.17) is 10.1 Å². The van der Waals surface area contributed by atoms with Gasteiger partial charge in [-0.3, -0.25) is 4.68 Å². The van der Waals surface area contributed by atoms with Crippen LogP contribution in [-0.4, -0.2) is 29.9 Å². The first kappa shape index (κ1) is 22.1. The summed E-state index contributed by atoms with van der Waals surface area (Å²) in [7, 11) is 0. The highest BCUT2D eigenvalue weighted by molar-refractivity contribution is 7.98. The van der Waals surface area contributed by atoms with Gasteiger partial charge in [0.1, 0.15) is 11.2 Å². The lowest BCUT2D eigenvalue weighted by Crippen LogP contribution is -2.01. The summed E-state index contributed by atoms with van der Waals surface area (Å²) in [5.41, 5.74) is 4.07. The molecule has 6 nitrogen and oxygen atoms in total. The number of thiazole rings is 1. The number of pyridine rings is 1. The predicted octanol–water partition coefficient (Wildman–Crippen LogP) is 6.30. The number of rotatable bonds is 7. The molecule has 1 aromatic carbocycles. The molecule has 0 unspecified atom stereocenters. The van der Waals surface area contributed by atoms with E-state index in [9.17, 15) is 8.78 Å². The van der Waals surface area contributed by atoms with Crippen LogP contribution in [0.3, 0.4) is 0 Å². The van der Waals surface area contributed by atoms with Crippen LogP contribution in [0.15, 0.2) is 47.5 Å². The Morgan fingerprint density at radius 2 is 1.82 bits per heavy atom. The lowest BCUT2D eigenvalue weighted by atomic mass is 10.2. The summed E-state index contributed by atoms with van der Waals surface area (Å²) in [6, 6.07) is 14.1. The molecule has 0 N–H and O–H groups in total. The average Bonchev–Trinajstić information content (AvgIpc) is 3.51. The second kappa shape index (κ2) is 9.24. The van der Waals surface area contributed by atoms with Crippen LogP contribution in [0.25, 0.3) is 21.7 Å². The van der Waals surface area contributed by atoms with Gasteiger partial charge in [-0.25, -0.2) is 18.7 Å². The van der Waals surface area contributed by atoms with Crippen molar-refractivity contribution in [2.75, 3.05) is 0 Å². The van der Waals surface area contributed by atoms with E-state index in [2.05, 4.69) is 27.3 Å². The van der Waals surface area contributed by atoms with Gasteiger partial charge >= 0.3 is 0 Å². The number of thioether (sulfide) groups is 1. The first-order valence-corrected chi connectivity index (χ1v) is 12.7. The molecule has 0 aliphatic heterocycles. The number of fused-ring (bicyclic) bond motifs is 1. The van der Waals surface area contributed by atoms with E-state index >= 15 is 0 Å². The minimum Gasteiger partial charge on any atom is -0.257 e. The summed E-state index contributed by atoms with van der Waals surface area (Å²) < 4.78 is 28.1. The molecule has 33 heavy (non-hydrogen) atoms. The molecule has 0 fully saturated rings. The third kappa shape index (κ3) is 4.66. The molecular weight excluding hydrogens is 482 g/mol. The number of benzene rings is 1. The summed E-state index contributed by atoms with van der Waals surface area (Å²) in [4.78, 5) is 10.4. The Balaban J connectivity index is 1.55. The van der Waals surface area contributed by atoms with Crippen molar-refractivity contribution in [1.29, 1.82) is 0 Å². The molecule has 5 aromatic rings. The number of hydrogen-bond donors (Lipinski definition) is 0. The number of nitrogens with zero attached hydrogens (tertiary/aromatic N) is 6. The van der Waals surface area contributed by atoms with Crippen molar-refractivity contribution in [3.05, 3.63) is 68.6 Å². The molecule has 0 radical (unpaired) electrons. The smallest absolute Gasteiger partial charge is 0.257 e. The Morgan fingerprint density at radius 1 is 1.00 bits per heavy atom. The van der Waals surface area contributed by atoms with Gasteiger partial charge in [-0.2, -0.15) is 5.10 Å². The first-order valence-electron chi connectivity index (χ1n) is 10.1.